The molecular formula is C29H23ClN2OP+. The van der Waals surface area contributed by atoms with Crippen LogP contribution in [0, 0.1) is 18.3 Å². The molecule has 4 aromatic carbocycles. The van der Waals surface area contributed by atoms with Crippen LogP contribution in [0.5, 0.6) is 0 Å². The molecule has 0 aliphatic heterocycles. The highest BCUT2D eigenvalue weighted by molar-refractivity contribution is 8.00. The normalized spacial score (nSPS) is 11.8. The molecule has 0 aliphatic carbocycles. The number of amides is 1. The topological polar surface area (TPSA) is 52.9 Å². The average Bonchev–Trinajstić information content (AvgIpc) is 2.90. The number of carbonyl (C=O) groups is 1. The van der Waals surface area contributed by atoms with E-state index in [0.717, 1.165) is 21.5 Å². The van der Waals surface area contributed by atoms with Gasteiger partial charge in [-0.25, -0.2) is 0 Å². The van der Waals surface area contributed by atoms with Gasteiger partial charge in [-0.05, 0) is 67.1 Å². The summed E-state index contributed by atoms with van der Waals surface area (Å²) in [4.78, 5) is 13.0. The number of nitrogens with zero attached hydrogens (tertiary/aromatic N) is 1. The van der Waals surface area contributed by atoms with Gasteiger partial charge in [-0.2, -0.15) is 5.26 Å². The Labute approximate surface area is 205 Å². The van der Waals surface area contributed by atoms with Crippen molar-refractivity contribution in [2.75, 3.05) is 0 Å². The summed E-state index contributed by atoms with van der Waals surface area (Å²) in [5.41, 5.74) is 1.57. The smallest absolute Gasteiger partial charge is 0.256 e. The minimum Gasteiger partial charge on any atom is -0.309 e. The van der Waals surface area contributed by atoms with Crippen LogP contribution < -0.4 is 21.2 Å². The Balaban J connectivity index is 1.97. The first-order valence-electron chi connectivity index (χ1n) is 10.8. The molecule has 3 nitrogen and oxygen atoms in total. The first-order valence-corrected chi connectivity index (χ1v) is 13.0. The van der Waals surface area contributed by atoms with Gasteiger partial charge in [0.15, 0.2) is 13.0 Å². The molecule has 0 fully saturated rings. The maximum absolute atomic E-state index is 13.0. The van der Waals surface area contributed by atoms with Crippen molar-refractivity contribution in [3.05, 3.63) is 137 Å². The molecule has 0 heterocycles. The quantitative estimate of drug-likeness (QED) is 0.286. The van der Waals surface area contributed by atoms with Crippen molar-refractivity contribution in [1.29, 1.82) is 5.26 Å². The molecule has 1 N–H and O–H groups in total. The summed E-state index contributed by atoms with van der Waals surface area (Å²) >= 11 is 7.22. The molecule has 0 saturated carbocycles. The molecule has 0 unspecified atom stereocenters. The molecule has 1 amide bonds. The van der Waals surface area contributed by atoms with E-state index in [1.165, 1.54) is 0 Å². The summed E-state index contributed by atoms with van der Waals surface area (Å²) in [7, 11) is -2.66. The van der Waals surface area contributed by atoms with Gasteiger partial charge in [0, 0.05) is 5.56 Å². The number of allylic oxidation sites excluding steroid dienone is 1. The maximum Gasteiger partial charge on any atom is 0.256 e. The summed E-state index contributed by atoms with van der Waals surface area (Å²) in [6, 6.07) is 39.3. The molecule has 0 aromatic heterocycles. The van der Waals surface area contributed by atoms with E-state index in [1.807, 2.05) is 110 Å². The Morgan fingerprint density at radius 2 is 1.15 bits per heavy atom. The van der Waals surface area contributed by atoms with Gasteiger partial charge in [0.1, 0.15) is 22.0 Å². The number of hydrogen-bond donors (Lipinski definition) is 1. The van der Waals surface area contributed by atoms with Crippen LogP contribution in [-0.2, 0) is 0 Å². The second-order valence-corrected chi connectivity index (χ2v) is 11.8. The van der Waals surface area contributed by atoms with Crippen molar-refractivity contribution >= 4 is 40.7 Å². The van der Waals surface area contributed by atoms with Crippen molar-refractivity contribution in [2.45, 2.75) is 6.92 Å². The number of hydrogen-bond acceptors (Lipinski definition) is 2. The van der Waals surface area contributed by atoms with Gasteiger partial charge in [0.2, 0.25) is 4.77 Å². The van der Waals surface area contributed by atoms with Crippen LogP contribution in [0.25, 0.3) is 0 Å². The van der Waals surface area contributed by atoms with Gasteiger partial charge < -0.3 is 5.32 Å². The van der Waals surface area contributed by atoms with Gasteiger partial charge in [-0.3, -0.25) is 4.79 Å². The minimum absolute atomic E-state index is 0.0529. The van der Waals surface area contributed by atoms with Crippen LogP contribution >= 0.6 is 18.9 Å². The molecule has 0 saturated heterocycles. The van der Waals surface area contributed by atoms with Crippen LogP contribution in [0.15, 0.2) is 126 Å². The number of nitriles is 1. The Bertz CT molecular complexity index is 1250. The lowest BCUT2D eigenvalue weighted by molar-refractivity contribution is 0.0967. The Morgan fingerprint density at radius 3 is 1.53 bits per heavy atom. The van der Waals surface area contributed by atoms with Crippen LogP contribution in [0.2, 0.25) is 0 Å². The minimum atomic E-state index is -2.66. The predicted molar refractivity (Wildman–Crippen MR) is 142 cm³/mol. The fraction of sp³-hybridized carbons (Fsp3) is 0.0345. The number of rotatable bonds is 6. The first kappa shape index (κ1) is 23.5. The molecule has 4 aromatic rings. The Kier molecular flexibility index (Phi) is 7.24. The lowest BCUT2D eigenvalue weighted by Crippen LogP contribution is -2.33. The monoisotopic (exact) mass is 481 g/mol. The van der Waals surface area contributed by atoms with Crippen molar-refractivity contribution in [2.24, 2.45) is 0 Å². The van der Waals surface area contributed by atoms with E-state index >= 15 is 0 Å². The lowest BCUT2D eigenvalue weighted by atomic mass is 10.1. The van der Waals surface area contributed by atoms with E-state index in [-0.39, 0.29) is 11.6 Å². The molecule has 5 heteroatoms. The second-order valence-electron chi connectivity index (χ2n) is 7.78. The van der Waals surface area contributed by atoms with Gasteiger partial charge in [0.25, 0.3) is 5.91 Å². The second kappa shape index (κ2) is 10.5. The average molecular weight is 482 g/mol. The number of aryl methyl sites for hydroxylation is 1. The van der Waals surface area contributed by atoms with Crippen molar-refractivity contribution in [3.63, 3.8) is 0 Å². The third-order valence-electron chi connectivity index (χ3n) is 5.60. The molecule has 0 atom stereocenters. The van der Waals surface area contributed by atoms with E-state index in [4.69, 9.17) is 11.6 Å². The van der Waals surface area contributed by atoms with Crippen molar-refractivity contribution in [3.8, 4) is 6.07 Å². The zero-order valence-corrected chi connectivity index (χ0v) is 20.3. The zero-order chi connectivity index (χ0) is 24.0. The van der Waals surface area contributed by atoms with Crippen LogP contribution in [0.1, 0.15) is 15.9 Å². The van der Waals surface area contributed by atoms with Gasteiger partial charge in [0.05, 0.1) is 0 Å². The largest absolute Gasteiger partial charge is 0.309 e. The summed E-state index contributed by atoms with van der Waals surface area (Å²) < 4.78 is 0.332. The third kappa shape index (κ3) is 4.52. The highest BCUT2D eigenvalue weighted by atomic mass is 35.5. The fourth-order valence-corrected chi connectivity index (χ4v) is 8.77. The number of nitrogens with one attached hydrogen (secondary N) is 1. The first-order chi connectivity index (χ1) is 16.6. The SMILES string of the molecule is Cc1ccc(C(=O)NC(C#N)=C(Cl)[P+](c2ccccc2)(c2ccccc2)c2ccccc2)cc1. The zero-order valence-electron chi connectivity index (χ0n) is 18.7. The lowest BCUT2D eigenvalue weighted by Gasteiger charge is -2.27. The number of halogens is 1. The fourth-order valence-electron chi connectivity index (χ4n) is 3.93. The van der Waals surface area contributed by atoms with Crippen LogP contribution in [0.4, 0.5) is 0 Å². The predicted octanol–water partition coefficient (Wildman–Crippen LogP) is 5.65. The van der Waals surface area contributed by atoms with Crippen molar-refractivity contribution in [1.82, 2.24) is 5.32 Å². The van der Waals surface area contributed by atoms with E-state index in [2.05, 4.69) is 11.4 Å². The number of carbonyl (C=O) groups excluding carboxylic acids is 1. The van der Waals surface area contributed by atoms with Gasteiger partial charge in [-0.1, -0.05) is 72.3 Å². The highest BCUT2D eigenvalue weighted by Gasteiger charge is 2.51. The molecule has 166 valence electrons. The molecule has 0 spiro atoms. The number of benzene rings is 4. The summed E-state index contributed by atoms with van der Waals surface area (Å²) in [6.07, 6.45) is 0. The van der Waals surface area contributed by atoms with Gasteiger partial charge >= 0.3 is 0 Å². The molecule has 0 bridgehead atoms. The maximum atomic E-state index is 13.0. The van der Waals surface area contributed by atoms with E-state index < -0.39 is 7.26 Å². The molecular weight excluding hydrogens is 459 g/mol. The molecule has 0 aliphatic rings. The Hall–Kier alpha value is -3.70. The van der Waals surface area contributed by atoms with E-state index in [1.54, 1.807) is 12.1 Å². The van der Waals surface area contributed by atoms with Crippen LogP contribution in [0.3, 0.4) is 0 Å². The molecule has 0 radical (unpaired) electrons. The molecule has 34 heavy (non-hydrogen) atoms. The highest BCUT2D eigenvalue weighted by Crippen LogP contribution is 2.64. The van der Waals surface area contributed by atoms with Crippen LogP contribution in [-0.4, -0.2) is 5.91 Å². The summed E-state index contributed by atoms with van der Waals surface area (Å²) in [6.45, 7) is 1.96. The standard InChI is InChI=1S/C29H22ClN2OP/c1-22-17-19-23(20-18-22)29(33)32-27(21-31)28(30)34(24-11-5-2-6-12-24,25-13-7-3-8-14-25)26-15-9-4-10-16-26/h2-20H,1H3/p+1. The van der Waals surface area contributed by atoms with E-state index in [9.17, 15) is 10.1 Å². The van der Waals surface area contributed by atoms with E-state index in [0.29, 0.717) is 10.3 Å². The third-order valence-corrected chi connectivity index (χ3v) is 10.6. The Morgan fingerprint density at radius 1 is 0.735 bits per heavy atom. The molecule has 4 rings (SSSR count). The summed E-state index contributed by atoms with van der Waals surface area (Å²) in [5.74, 6) is -0.373. The van der Waals surface area contributed by atoms with Gasteiger partial charge in [-0.15, -0.1) is 0 Å². The summed E-state index contributed by atoms with van der Waals surface area (Å²) in [5, 5.41) is 15.9. The van der Waals surface area contributed by atoms with Crippen molar-refractivity contribution < 1.29 is 4.79 Å².